The Balaban J connectivity index is 1.83. The van der Waals surface area contributed by atoms with Crippen molar-refractivity contribution in [2.75, 3.05) is 26.2 Å². The van der Waals surface area contributed by atoms with Gasteiger partial charge in [0.15, 0.2) is 0 Å². The molecule has 4 heteroatoms. The van der Waals surface area contributed by atoms with Crippen LogP contribution in [-0.2, 0) is 9.53 Å². The standard InChI is InChI=1S/C14H19NO3/c1-2-17-14(16)7-9-15-8-3-5-12(11-15)13-6-4-10-18-13/h4-6,10H,2-3,7-9,11H2,1H3. The van der Waals surface area contributed by atoms with E-state index in [-0.39, 0.29) is 5.97 Å². The van der Waals surface area contributed by atoms with Gasteiger partial charge in [0.25, 0.3) is 0 Å². The number of esters is 1. The van der Waals surface area contributed by atoms with Crippen LogP contribution in [0.3, 0.4) is 0 Å². The van der Waals surface area contributed by atoms with Crippen molar-refractivity contribution in [3.63, 3.8) is 0 Å². The van der Waals surface area contributed by atoms with E-state index in [1.165, 1.54) is 5.57 Å². The van der Waals surface area contributed by atoms with Crippen LogP contribution >= 0.6 is 0 Å². The molecule has 0 atom stereocenters. The minimum absolute atomic E-state index is 0.119. The molecule has 1 aromatic heterocycles. The highest BCUT2D eigenvalue weighted by molar-refractivity contribution is 5.69. The van der Waals surface area contributed by atoms with E-state index < -0.39 is 0 Å². The smallest absolute Gasteiger partial charge is 0.307 e. The van der Waals surface area contributed by atoms with E-state index in [1.807, 2.05) is 19.1 Å². The molecule has 0 saturated heterocycles. The van der Waals surface area contributed by atoms with Crippen molar-refractivity contribution < 1.29 is 13.9 Å². The summed E-state index contributed by atoms with van der Waals surface area (Å²) in [6, 6.07) is 3.87. The quantitative estimate of drug-likeness (QED) is 0.751. The zero-order chi connectivity index (χ0) is 12.8. The molecule has 0 unspecified atom stereocenters. The average Bonchev–Trinajstić information content (AvgIpc) is 2.91. The topological polar surface area (TPSA) is 42.7 Å². The van der Waals surface area contributed by atoms with Gasteiger partial charge < -0.3 is 9.15 Å². The Morgan fingerprint density at radius 3 is 3.17 bits per heavy atom. The second kappa shape index (κ2) is 6.40. The highest BCUT2D eigenvalue weighted by Gasteiger charge is 2.16. The first-order valence-electron chi connectivity index (χ1n) is 6.40. The molecule has 4 nitrogen and oxygen atoms in total. The molecule has 0 spiro atoms. The molecule has 2 rings (SSSR count). The Bertz CT molecular complexity index is 409. The summed E-state index contributed by atoms with van der Waals surface area (Å²) in [6.07, 6.45) is 5.35. The molecule has 0 fully saturated rings. The molecule has 2 heterocycles. The van der Waals surface area contributed by atoms with Crippen LogP contribution in [0.25, 0.3) is 5.57 Å². The van der Waals surface area contributed by atoms with Crippen molar-refractivity contribution in [3.8, 4) is 0 Å². The van der Waals surface area contributed by atoms with Crippen LogP contribution in [0.5, 0.6) is 0 Å². The number of carbonyl (C=O) groups is 1. The van der Waals surface area contributed by atoms with E-state index in [4.69, 9.17) is 9.15 Å². The average molecular weight is 249 g/mol. The van der Waals surface area contributed by atoms with Gasteiger partial charge in [0.2, 0.25) is 0 Å². The van der Waals surface area contributed by atoms with Crippen molar-refractivity contribution >= 4 is 11.5 Å². The number of rotatable bonds is 5. The highest BCUT2D eigenvalue weighted by Crippen LogP contribution is 2.21. The van der Waals surface area contributed by atoms with Gasteiger partial charge in [-0.05, 0) is 25.5 Å². The number of hydrogen-bond acceptors (Lipinski definition) is 4. The van der Waals surface area contributed by atoms with Crippen LogP contribution in [0.2, 0.25) is 0 Å². The summed E-state index contributed by atoms with van der Waals surface area (Å²) in [7, 11) is 0. The zero-order valence-electron chi connectivity index (χ0n) is 10.7. The van der Waals surface area contributed by atoms with E-state index in [0.29, 0.717) is 13.0 Å². The summed E-state index contributed by atoms with van der Waals surface area (Å²) in [6.45, 7) is 4.86. The summed E-state index contributed by atoms with van der Waals surface area (Å²) in [5.74, 6) is 0.808. The molecule has 0 saturated carbocycles. The van der Waals surface area contributed by atoms with Crippen molar-refractivity contribution in [3.05, 3.63) is 30.2 Å². The third-order valence-electron chi connectivity index (χ3n) is 3.01. The lowest BCUT2D eigenvalue weighted by atomic mass is 10.1. The molecular formula is C14H19NO3. The molecule has 1 aliphatic rings. The Labute approximate surface area is 107 Å². The van der Waals surface area contributed by atoms with Crippen LogP contribution < -0.4 is 0 Å². The number of ether oxygens (including phenoxy) is 1. The lowest BCUT2D eigenvalue weighted by molar-refractivity contribution is -0.143. The summed E-state index contributed by atoms with van der Waals surface area (Å²) in [5, 5.41) is 0. The van der Waals surface area contributed by atoms with Gasteiger partial charge in [-0.2, -0.15) is 0 Å². The SMILES string of the molecule is CCOC(=O)CCN1CCC=C(c2ccco2)C1. The van der Waals surface area contributed by atoms with Crippen LogP contribution in [-0.4, -0.2) is 37.1 Å². The van der Waals surface area contributed by atoms with Crippen LogP contribution in [0.15, 0.2) is 28.9 Å². The molecule has 98 valence electrons. The Hall–Kier alpha value is -1.55. The molecule has 0 aliphatic carbocycles. The Morgan fingerprint density at radius 1 is 1.56 bits per heavy atom. The van der Waals surface area contributed by atoms with Crippen molar-refractivity contribution in [2.24, 2.45) is 0 Å². The van der Waals surface area contributed by atoms with E-state index in [9.17, 15) is 4.79 Å². The summed E-state index contributed by atoms with van der Waals surface area (Å²) >= 11 is 0. The van der Waals surface area contributed by atoms with Crippen LogP contribution in [0.4, 0.5) is 0 Å². The van der Waals surface area contributed by atoms with E-state index in [0.717, 1.165) is 31.8 Å². The van der Waals surface area contributed by atoms with Crippen molar-refractivity contribution in [1.29, 1.82) is 0 Å². The largest absolute Gasteiger partial charge is 0.466 e. The third-order valence-corrected chi connectivity index (χ3v) is 3.01. The fourth-order valence-electron chi connectivity index (χ4n) is 2.12. The number of hydrogen-bond donors (Lipinski definition) is 0. The fraction of sp³-hybridized carbons (Fsp3) is 0.500. The van der Waals surface area contributed by atoms with Gasteiger partial charge >= 0.3 is 5.97 Å². The summed E-state index contributed by atoms with van der Waals surface area (Å²) in [4.78, 5) is 13.6. The summed E-state index contributed by atoms with van der Waals surface area (Å²) < 4.78 is 10.3. The van der Waals surface area contributed by atoms with Gasteiger partial charge in [-0.3, -0.25) is 9.69 Å². The van der Waals surface area contributed by atoms with Gasteiger partial charge in [-0.1, -0.05) is 6.08 Å². The predicted molar refractivity (Wildman–Crippen MR) is 69.0 cm³/mol. The maximum atomic E-state index is 11.3. The van der Waals surface area contributed by atoms with Crippen molar-refractivity contribution in [2.45, 2.75) is 19.8 Å². The van der Waals surface area contributed by atoms with E-state index in [2.05, 4.69) is 11.0 Å². The Morgan fingerprint density at radius 2 is 2.44 bits per heavy atom. The molecule has 0 N–H and O–H groups in total. The fourth-order valence-corrected chi connectivity index (χ4v) is 2.12. The maximum Gasteiger partial charge on any atom is 0.307 e. The molecule has 0 radical (unpaired) electrons. The summed E-state index contributed by atoms with van der Waals surface area (Å²) in [5.41, 5.74) is 1.20. The first-order chi connectivity index (χ1) is 8.79. The molecule has 0 bridgehead atoms. The van der Waals surface area contributed by atoms with Gasteiger partial charge in [0, 0.05) is 25.2 Å². The second-order valence-electron chi connectivity index (χ2n) is 4.33. The van der Waals surface area contributed by atoms with Gasteiger partial charge in [0.05, 0.1) is 19.3 Å². The predicted octanol–water partition coefficient (Wildman–Crippen LogP) is 2.32. The highest BCUT2D eigenvalue weighted by atomic mass is 16.5. The van der Waals surface area contributed by atoms with E-state index >= 15 is 0 Å². The monoisotopic (exact) mass is 249 g/mol. The molecule has 0 amide bonds. The lowest BCUT2D eigenvalue weighted by Gasteiger charge is -2.26. The van der Waals surface area contributed by atoms with Gasteiger partial charge in [0.1, 0.15) is 5.76 Å². The Kier molecular flexibility index (Phi) is 4.59. The maximum absolute atomic E-state index is 11.3. The van der Waals surface area contributed by atoms with Crippen LogP contribution in [0, 0.1) is 0 Å². The molecule has 1 aromatic rings. The van der Waals surface area contributed by atoms with Gasteiger partial charge in [-0.25, -0.2) is 0 Å². The van der Waals surface area contributed by atoms with Gasteiger partial charge in [-0.15, -0.1) is 0 Å². The first-order valence-corrected chi connectivity index (χ1v) is 6.40. The molecule has 0 aromatic carbocycles. The second-order valence-corrected chi connectivity index (χ2v) is 4.33. The number of carbonyl (C=O) groups excluding carboxylic acids is 1. The minimum atomic E-state index is -0.119. The van der Waals surface area contributed by atoms with Crippen LogP contribution in [0.1, 0.15) is 25.5 Å². The normalized spacial score (nSPS) is 16.4. The third kappa shape index (κ3) is 3.47. The minimum Gasteiger partial charge on any atom is -0.466 e. The number of nitrogens with zero attached hydrogens (tertiary/aromatic N) is 1. The molecule has 18 heavy (non-hydrogen) atoms. The zero-order valence-corrected chi connectivity index (χ0v) is 10.7. The first kappa shape index (κ1) is 12.9. The number of furan rings is 1. The lowest BCUT2D eigenvalue weighted by Crippen LogP contribution is -2.31. The van der Waals surface area contributed by atoms with E-state index in [1.54, 1.807) is 6.26 Å². The molecular weight excluding hydrogens is 230 g/mol. The van der Waals surface area contributed by atoms with Crippen molar-refractivity contribution in [1.82, 2.24) is 4.90 Å². The molecule has 1 aliphatic heterocycles.